The maximum atomic E-state index is 2.54. The van der Waals surface area contributed by atoms with E-state index in [1.165, 1.54) is 83.6 Å². The Labute approximate surface area is 335 Å². The van der Waals surface area contributed by atoms with E-state index in [4.69, 9.17) is 0 Å². The third kappa shape index (κ3) is 4.98. The maximum Gasteiger partial charge on any atom is 0.0539 e. The summed E-state index contributed by atoms with van der Waals surface area (Å²) < 4.78 is 2.48. The van der Waals surface area contributed by atoms with Gasteiger partial charge < -0.3 is 14.4 Å². The number of rotatable bonds is 5. The Morgan fingerprint density at radius 1 is 0.491 bits per heavy atom. The molecule has 8 aromatic rings. The summed E-state index contributed by atoms with van der Waals surface area (Å²) in [6.45, 7) is 9.62. The maximum absolute atomic E-state index is 2.54. The smallest absolute Gasteiger partial charge is 0.0539 e. The van der Waals surface area contributed by atoms with E-state index in [0.29, 0.717) is 0 Å². The van der Waals surface area contributed by atoms with E-state index in [1.807, 2.05) is 0 Å². The van der Waals surface area contributed by atoms with Crippen molar-refractivity contribution >= 4 is 61.6 Å². The van der Waals surface area contributed by atoms with E-state index in [0.717, 1.165) is 24.2 Å². The number of nitrogens with zero attached hydrogens (tertiary/aromatic N) is 3. The topological polar surface area (TPSA) is 11.4 Å². The Kier molecular flexibility index (Phi) is 7.38. The first-order chi connectivity index (χ1) is 27.8. The van der Waals surface area contributed by atoms with Gasteiger partial charge in [0.25, 0.3) is 0 Å². The largest absolute Gasteiger partial charge is 0.313 e. The molecule has 0 saturated carbocycles. The van der Waals surface area contributed by atoms with Gasteiger partial charge >= 0.3 is 0 Å². The van der Waals surface area contributed by atoms with Crippen molar-refractivity contribution in [1.82, 2.24) is 4.57 Å². The molecule has 11 rings (SSSR count). The van der Waals surface area contributed by atoms with Crippen molar-refractivity contribution < 1.29 is 0 Å². The van der Waals surface area contributed by atoms with Crippen LogP contribution in [0.2, 0.25) is 0 Å². The molecule has 0 bridgehead atoms. The lowest BCUT2D eigenvalue weighted by molar-refractivity contribution is 0.627. The van der Waals surface area contributed by atoms with E-state index in [-0.39, 0.29) is 10.8 Å². The molecule has 3 nitrogen and oxygen atoms in total. The molecule has 1 aliphatic heterocycles. The van der Waals surface area contributed by atoms with Crippen LogP contribution in [0, 0.1) is 0 Å². The minimum Gasteiger partial charge on any atom is -0.313 e. The van der Waals surface area contributed by atoms with Gasteiger partial charge in [0, 0.05) is 50.0 Å². The van der Waals surface area contributed by atoms with Crippen LogP contribution in [0.3, 0.4) is 0 Å². The third-order valence-electron chi connectivity index (χ3n) is 13.0. The molecule has 57 heavy (non-hydrogen) atoms. The van der Waals surface area contributed by atoms with Gasteiger partial charge in [0.05, 0.1) is 22.4 Å². The van der Waals surface area contributed by atoms with E-state index >= 15 is 0 Å². The van der Waals surface area contributed by atoms with Crippen LogP contribution in [-0.2, 0) is 10.8 Å². The monoisotopic (exact) mass is 735 g/mol. The molecule has 3 aliphatic rings. The van der Waals surface area contributed by atoms with Gasteiger partial charge in [-0.2, -0.15) is 0 Å². The first-order valence-electron chi connectivity index (χ1n) is 20.3. The van der Waals surface area contributed by atoms with Crippen molar-refractivity contribution in [2.75, 3.05) is 9.80 Å². The second-order valence-corrected chi connectivity index (χ2v) is 16.9. The Morgan fingerprint density at radius 2 is 1.16 bits per heavy atom. The van der Waals surface area contributed by atoms with Gasteiger partial charge in [-0.25, -0.2) is 0 Å². The van der Waals surface area contributed by atoms with Crippen molar-refractivity contribution in [3.8, 4) is 11.1 Å². The predicted octanol–water partition coefficient (Wildman–Crippen LogP) is 14.9. The standard InChI is InChI=1S/C54H45N3/c1-53(2)45-25-15-17-27-51(45)57(39-29-31-50-44(32-39)42-24-14-16-26-49(42)56(50)38-22-12-7-13-23-38)52-35-47-43(34-48(52)53)41-30-28-40(33-46(41)54(47,3)4)55(36-18-8-5-9-19-36)37-20-10-6-11-21-37/h5-12,14-22,24-35H,13,23H2,1-4H3. The van der Waals surface area contributed by atoms with E-state index in [9.17, 15) is 0 Å². The van der Waals surface area contributed by atoms with Gasteiger partial charge in [-0.05, 0) is 131 Å². The average molecular weight is 736 g/mol. The Morgan fingerprint density at radius 3 is 1.91 bits per heavy atom. The summed E-state index contributed by atoms with van der Waals surface area (Å²) in [5, 5.41) is 2.57. The van der Waals surface area contributed by atoms with Crippen molar-refractivity contribution in [2.45, 2.75) is 51.4 Å². The minimum atomic E-state index is -0.221. The molecule has 276 valence electrons. The second-order valence-electron chi connectivity index (χ2n) is 16.9. The number of benzene rings is 7. The summed E-state index contributed by atoms with van der Waals surface area (Å²) >= 11 is 0. The summed E-state index contributed by atoms with van der Waals surface area (Å²) in [5.74, 6) is 0. The van der Waals surface area contributed by atoms with Crippen LogP contribution in [0.4, 0.5) is 34.1 Å². The fraction of sp³-hybridized carbons (Fsp3) is 0.148. The van der Waals surface area contributed by atoms with Gasteiger partial charge in [-0.1, -0.05) is 119 Å². The molecule has 3 heteroatoms. The second kappa shape index (κ2) is 12.5. The highest BCUT2D eigenvalue weighted by Crippen LogP contribution is 2.58. The minimum absolute atomic E-state index is 0.206. The number of allylic oxidation sites excluding steroid dienone is 4. The molecule has 0 N–H and O–H groups in total. The predicted molar refractivity (Wildman–Crippen MR) is 241 cm³/mol. The molecule has 0 radical (unpaired) electrons. The Bertz CT molecular complexity index is 2920. The molecule has 2 heterocycles. The van der Waals surface area contributed by atoms with E-state index in [2.05, 4.69) is 218 Å². The lowest BCUT2D eigenvalue weighted by Gasteiger charge is -2.43. The Balaban J connectivity index is 1.10. The number of aromatic nitrogens is 1. The first kappa shape index (κ1) is 33.7. The average Bonchev–Trinajstić information content (AvgIpc) is 3.69. The fourth-order valence-electron chi connectivity index (χ4n) is 10.1. The SMILES string of the molecule is CC1(C)c2cc(N(c3ccccc3)c3ccccc3)ccc2-c2cc3c(cc21)N(c1ccc2c(c1)c1ccccc1n2C1=CC=CCC1)c1ccccc1C3(C)C. The summed E-state index contributed by atoms with van der Waals surface area (Å²) in [4.78, 5) is 4.92. The molecule has 7 aromatic carbocycles. The number of hydrogen-bond acceptors (Lipinski definition) is 2. The highest BCUT2D eigenvalue weighted by atomic mass is 15.2. The summed E-state index contributed by atoms with van der Waals surface area (Å²) in [7, 11) is 0. The molecule has 0 saturated heterocycles. The van der Waals surface area contributed by atoms with E-state index in [1.54, 1.807) is 0 Å². The Hall–Kier alpha value is -6.58. The zero-order valence-corrected chi connectivity index (χ0v) is 33.0. The summed E-state index contributed by atoms with van der Waals surface area (Å²) in [6.07, 6.45) is 8.86. The van der Waals surface area contributed by atoms with Gasteiger partial charge in [0.15, 0.2) is 0 Å². The zero-order valence-electron chi connectivity index (χ0n) is 33.0. The highest BCUT2D eigenvalue weighted by Gasteiger charge is 2.42. The van der Waals surface area contributed by atoms with Crippen LogP contribution in [0.5, 0.6) is 0 Å². The highest BCUT2D eigenvalue weighted by molar-refractivity contribution is 6.11. The molecule has 0 atom stereocenters. The van der Waals surface area contributed by atoms with Crippen LogP contribution in [0.1, 0.15) is 62.8 Å². The third-order valence-corrected chi connectivity index (χ3v) is 13.0. The van der Waals surface area contributed by atoms with Gasteiger partial charge in [-0.3, -0.25) is 0 Å². The molecular weight excluding hydrogens is 691 g/mol. The number of anilines is 6. The molecular formula is C54H45N3. The lowest BCUT2D eigenvalue weighted by Crippen LogP contribution is -2.31. The van der Waals surface area contributed by atoms with Gasteiger partial charge in [0.2, 0.25) is 0 Å². The van der Waals surface area contributed by atoms with Crippen molar-refractivity contribution in [3.63, 3.8) is 0 Å². The van der Waals surface area contributed by atoms with E-state index < -0.39 is 0 Å². The van der Waals surface area contributed by atoms with Crippen molar-refractivity contribution in [3.05, 3.63) is 198 Å². The number of para-hydroxylation sites is 4. The molecule has 0 unspecified atom stereocenters. The molecule has 1 aromatic heterocycles. The van der Waals surface area contributed by atoms with Crippen LogP contribution in [-0.4, -0.2) is 4.57 Å². The van der Waals surface area contributed by atoms with Crippen LogP contribution >= 0.6 is 0 Å². The van der Waals surface area contributed by atoms with Crippen LogP contribution in [0.25, 0.3) is 38.6 Å². The molecule has 0 spiro atoms. The lowest BCUT2D eigenvalue weighted by atomic mass is 9.72. The summed E-state index contributed by atoms with van der Waals surface area (Å²) in [6, 6.07) is 58.7. The summed E-state index contributed by atoms with van der Waals surface area (Å²) in [5.41, 5.74) is 18.7. The first-order valence-corrected chi connectivity index (χ1v) is 20.3. The fourth-order valence-corrected chi connectivity index (χ4v) is 10.1. The number of fused-ring (bicyclic) bond motifs is 8. The van der Waals surface area contributed by atoms with Crippen LogP contribution in [0.15, 0.2) is 176 Å². The number of hydrogen-bond donors (Lipinski definition) is 0. The molecule has 0 amide bonds. The quantitative estimate of drug-likeness (QED) is 0.174. The molecule has 0 fully saturated rings. The van der Waals surface area contributed by atoms with Gasteiger partial charge in [0.1, 0.15) is 0 Å². The molecule has 2 aliphatic carbocycles. The zero-order chi connectivity index (χ0) is 38.5. The van der Waals surface area contributed by atoms with Crippen LogP contribution < -0.4 is 9.80 Å². The van der Waals surface area contributed by atoms with Crippen molar-refractivity contribution in [2.24, 2.45) is 0 Å². The normalized spacial score (nSPS) is 15.9. The van der Waals surface area contributed by atoms with Crippen molar-refractivity contribution in [1.29, 1.82) is 0 Å². The van der Waals surface area contributed by atoms with Gasteiger partial charge in [-0.15, -0.1) is 0 Å².